The van der Waals surface area contributed by atoms with Crippen LogP contribution in [0.1, 0.15) is 51.4 Å². The highest BCUT2D eigenvalue weighted by Gasteiger charge is 2.16. The van der Waals surface area contributed by atoms with Crippen molar-refractivity contribution in [3.63, 3.8) is 0 Å². The number of carbonyl (C=O) groups is 2. The lowest BCUT2D eigenvalue weighted by molar-refractivity contribution is 0.0949. The maximum absolute atomic E-state index is 12.5. The molecule has 2 N–H and O–H groups in total. The number of nitrogens with zero attached hydrogens (tertiary/aromatic N) is 3. The lowest BCUT2D eigenvalue weighted by Crippen LogP contribution is -2.36. The summed E-state index contributed by atoms with van der Waals surface area (Å²) in [6.07, 6.45) is 3.52. The second-order valence-electron chi connectivity index (χ2n) is 8.79. The van der Waals surface area contributed by atoms with Crippen molar-refractivity contribution in [2.45, 2.75) is 32.8 Å². The van der Waals surface area contributed by atoms with E-state index in [1.54, 1.807) is 24.3 Å². The van der Waals surface area contributed by atoms with Gasteiger partial charge in [0.2, 0.25) is 5.01 Å². The summed E-state index contributed by atoms with van der Waals surface area (Å²) in [5, 5.41) is 14.6. The van der Waals surface area contributed by atoms with Gasteiger partial charge in [-0.1, -0.05) is 36.5 Å². The summed E-state index contributed by atoms with van der Waals surface area (Å²) in [6.45, 7) is 6.52. The second-order valence-corrected chi connectivity index (χ2v) is 9.85. The van der Waals surface area contributed by atoms with Crippen LogP contribution in [-0.4, -0.2) is 53.1 Å². The van der Waals surface area contributed by atoms with Crippen molar-refractivity contribution >= 4 is 28.8 Å². The lowest BCUT2D eigenvalue weighted by Gasteiger charge is -2.30. The largest absolute Gasteiger partial charge is 0.486 e. The molecule has 184 valence electrons. The van der Waals surface area contributed by atoms with E-state index in [1.807, 2.05) is 30.3 Å². The van der Waals surface area contributed by atoms with E-state index in [1.165, 1.54) is 24.2 Å². The van der Waals surface area contributed by atoms with E-state index < -0.39 is 0 Å². The smallest absolute Gasteiger partial charge is 0.286 e. The summed E-state index contributed by atoms with van der Waals surface area (Å²) < 4.78 is 5.65. The molecule has 35 heavy (non-hydrogen) atoms. The first-order valence-electron chi connectivity index (χ1n) is 12.0. The van der Waals surface area contributed by atoms with Crippen LogP contribution in [-0.2, 0) is 6.61 Å². The minimum atomic E-state index is -0.349. The van der Waals surface area contributed by atoms with Crippen LogP contribution in [0.25, 0.3) is 0 Å². The molecule has 0 spiro atoms. The highest BCUT2D eigenvalue weighted by molar-refractivity contribution is 7.13. The van der Waals surface area contributed by atoms with Crippen LogP contribution < -0.4 is 15.4 Å². The standard InChI is InChI=1S/C26H31N5O3S/c1-19-7-5-15-31(17-19)16-6-14-27-24(32)20-10-12-21(13-11-20)28-25(33)26-30-29-23(35-26)18-34-22-8-3-2-4-9-22/h2-4,8-13,19H,5-7,14-18H2,1H3,(H,27,32)(H,28,33). The van der Waals surface area contributed by atoms with E-state index in [9.17, 15) is 9.59 Å². The molecular weight excluding hydrogens is 462 g/mol. The molecule has 1 fully saturated rings. The van der Waals surface area contributed by atoms with Gasteiger partial charge in [-0.15, -0.1) is 10.2 Å². The molecule has 2 amide bonds. The number of hydrogen-bond acceptors (Lipinski definition) is 7. The molecule has 1 aliphatic heterocycles. The van der Waals surface area contributed by atoms with Gasteiger partial charge < -0.3 is 20.3 Å². The van der Waals surface area contributed by atoms with Gasteiger partial charge in [-0.05, 0) is 74.7 Å². The zero-order valence-corrected chi connectivity index (χ0v) is 20.7. The summed E-state index contributed by atoms with van der Waals surface area (Å²) in [7, 11) is 0. The Morgan fingerprint density at radius 2 is 1.89 bits per heavy atom. The third-order valence-electron chi connectivity index (χ3n) is 5.85. The number of para-hydroxylation sites is 1. The van der Waals surface area contributed by atoms with Crippen molar-refractivity contribution in [2.24, 2.45) is 5.92 Å². The number of amides is 2. The number of ether oxygens (including phenoxy) is 1. The highest BCUT2D eigenvalue weighted by Crippen LogP contribution is 2.17. The van der Waals surface area contributed by atoms with Gasteiger partial charge in [-0.3, -0.25) is 9.59 Å². The van der Waals surface area contributed by atoms with Crippen LogP contribution >= 0.6 is 11.3 Å². The van der Waals surface area contributed by atoms with E-state index in [-0.39, 0.29) is 23.4 Å². The van der Waals surface area contributed by atoms with Gasteiger partial charge in [0, 0.05) is 24.3 Å². The number of anilines is 1. The van der Waals surface area contributed by atoms with Crippen molar-refractivity contribution in [1.82, 2.24) is 20.4 Å². The monoisotopic (exact) mass is 493 g/mol. The van der Waals surface area contributed by atoms with Crippen molar-refractivity contribution < 1.29 is 14.3 Å². The number of hydrogen-bond donors (Lipinski definition) is 2. The molecule has 1 aliphatic rings. The molecule has 1 aromatic heterocycles. The molecule has 1 unspecified atom stereocenters. The van der Waals surface area contributed by atoms with Gasteiger partial charge in [0.05, 0.1) is 0 Å². The van der Waals surface area contributed by atoms with Gasteiger partial charge >= 0.3 is 0 Å². The molecule has 2 aromatic carbocycles. The van der Waals surface area contributed by atoms with Crippen molar-refractivity contribution in [1.29, 1.82) is 0 Å². The molecule has 0 radical (unpaired) electrons. The molecule has 0 bridgehead atoms. The molecule has 3 aromatic rings. The minimum Gasteiger partial charge on any atom is -0.486 e. The van der Waals surface area contributed by atoms with Crippen molar-refractivity contribution in [2.75, 3.05) is 31.5 Å². The normalized spacial score (nSPS) is 16.0. The highest BCUT2D eigenvalue weighted by atomic mass is 32.1. The molecule has 9 heteroatoms. The predicted molar refractivity (Wildman–Crippen MR) is 137 cm³/mol. The molecule has 0 saturated carbocycles. The summed E-state index contributed by atoms with van der Waals surface area (Å²) in [4.78, 5) is 27.4. The molecule has 1 saturated heterocycles. The van der Waals surface area contributed by atoms with Crippen LogP contribution in [0.15, 0.2) is 54.6 Å². The van der Waals surface area contributed by atoms with Gasteiger partial charge in [0.25, 0.3) is 11.8 Å². The molecular formula is C26H31N5O3S. The van der Waals surface area contributed by atoms with Crippen LogP contribution in [0.3, 0.4) is 0 Å². The zero-order valence-electron chi connectivity index (χ0n) is 19.9. The fourth-order valence-electron chi connectivity index (χ4n) is 4.05. The summed E-state index contributed by atoms with van der Waals surface area (Å²) in [5.74, 6) is 1.04. The SMILES string of the molecule is CC1CCCN(CCCNC(=O)c2ccc(NC(=O)c3nnc(COc4ccccc4)s3)cc2)C1. The Balaban J connectivity index is 1.19. The van der Waals surface area contributed by atoms with E-state index in [4.69, 9.17) is 4.74 Å². The Bertz CT molecular complexity index is 1100. The molecule has 2 heterocycles. The van der Waals surface area contributed by atoms with Crippen LogP contribution in [0.5, 0.6) is 5.75 Å². The molecule has 1 atom stereocenters. The third-order valence-corrected chi connectivity index (χ3v) is 6.74. The first-order valence-corrected chi connectivity index (χ1v) is 12.8. The van der Waals surface area contributed by atoms with E-state index in [2.05, 4.69) is 32.7 Å². The number of piperidine rings is 1. The van der Waals surface area contributed by atoms with Gasteiger partial charge in [0.1, 0.15) is 12.4 Å². The van der Waals surface area contributed by atoms with Gasteiger partial charge in [0.15, 0.2) is 5.01 Å². The lowest BCUT2D eigenvalue weighted by atomic mass is 10.0. The Kier molecular flexibility index (Phi) is 8.80. The Morgan fingerprint density at radius 1 is 1.09 bits per heavy atom. The summed E-state index contributed by atoms with van der Waals surface area (Å²) in [6, 6.07) is 16.2. The fourth-order valence-corrected chi connectivity index (χ4v) is 4.70. The van der Waals surface area contributed by atoms with Crippen LogP contribution in [0, 0.1) is 5.92 Å². The maximum Gasteiger partial charge on any atom is 0.286 e. The minimum absolute atomic E-state index is 0.109. The number of likely N-dealkylation sites (tertiary alicyclic amines) is 1. The fraction of sp³-hybridized carbons (Fsp3) is 0.385. The Morgan fingerprint density at radius 3 is 2.66 bits per heavy atom. The number of nitrogens with one attached hydrogen (secondary N) is 2. The van der Waals surface area contributed by atoms with Crippen LogP contribution in [0.2, 0.25) is 0 Å². The van der Waals surface area contributed by atoms with Gasteiger partial charge in [-0.2, -0.15) is 0 Å². The summed E-state index contributed by atoms with van der Waals surface area (Å²) in [5.41, 5.74) is 1.15. The maximum atomic E-state index is 12.5. The third kappa shape index (κ3) is 7.60. The number of aromatic nitrogens is 2. The number of benzene rings is 2. The Labute approximate surface area is 209 Å². The first-order chi connectivity index (χ1) is 17.1. The first kappa shape index (κ1) is 24.8. The quantitative estimate of drug-likeness (QED) is 0.411. The number of carbonyl (C=O) groups excluding carboxylic acids is 2. The Hall–Kier alpha value is -3.30. The average molecular weight is 494 g/mol. The van der Waals surface area contributed by atoms with E-state index >= 15 is 0 Å². The van der Waals surface area contributed by atoms with Gasteiger partial charge in [-0.25, -0.2) is 0 Å². The second kappa shape index (κ2) is 12.4. The van der Waals surface area contributed by atoms with Crippen molar-refractivity contribution in [3.05, 3.63) is 70.2 Å². The number of rotatable bonds is 10. The van der Waals surface area contributed by atoms with E-state index in [0.29, 0.717) is 22.8 Å². The van der Waals surface area contributed by atoms with E-state index in [0.717, 1.165) is 37.7 Å². The summed E-state index contributed by atoms with van der Waals surface area (Å²) >= 11 is 1.18. The molecule has 0 aliphatic carbocycles. The predicted octanol–water partition coefficient (Wildman–Crippen LogP) is 4.22. The average Bonchev–Trinajstić information content (AvgIpc) is 3.36. The topological polar surface area (TPSA) is 96.5 Å². The molecule has 8 nitrogen and oxygen atoms in total. The van der Waals surface area contributed by atoms with Crippen LogP contribution in [0.4, 0.5) is 5.69 Å². The molecule has 4 rings (SSSR count). The van der Waals surface area contributed by atoms with Crippen molar-refractivity contribution in [3.8, 4) is 5.75 Å². The zero-order chi connectivity index (χ0) is 24.5.